The summed E-state index contributed by atoms with van der Waals surface area (Å²) in [5.74, 6) is -1.26. The number of aromatic carboxylic acids is 1. The summed E-state index contributed by atoms with van der Waals surface area (Å²) in [6.07, 6.45) is 0. The lowest BCUT2D eigenvalue weighted by atomic mass is 10.1. The normalized spacial score (nSPS) is 11.4. The summed E-state index contributed by atoms with van der Waals surface area (Å²) in [6, 6.07) is 11.1. The third-order valence-electron chi connectivity index (χ3n) is 3.29. The Morgan fingerprint density at radius 2 is 1.73 bits per heavy atom. The van der Waals surface area contributed by atoms with E-state index in [9.17, 15) is 18.3 Å². The number of nitrogens with one attached hydrogen (secondary N) is 1. The highest BCUT2D eigenvalue weighted by Crippen LogP contribution is 2.17. The Kier molecular flexibility index (Phi) is 4.63. The van der Waals surface area contributed by atoms with Crippen LogP contribution in [0.4, 0.5) is 0 Å². The molecule has 0 unspecified atom stereocenters. The predicted octanol–water partition coefficient (Wildman–Crippen LogP) is 1.15. The van der Waals surface area contributed by atoms with E-state index in [2.05, 4.69) is 4.72 Å². The molecule has 0 saturated carbocycles. The van der Waals surface area contributed by atoms with Crippen LogP contribution < -0.4 is 9.83 Å². The van der Waals surface area contributed by atoms with E-state index in [-0.39, 0.29) is 17.0 Å². The van der Waals surface area contributed by atoms with Crippen LogP contribution in [0.2, 0.25) is 0 Å². The minimum atomic E-state index is -3.62. The fraction of sp³-hybridized carbons (Fsp3) is 0.188. The predicted molar refractivity (Wildman–Crippen MR) is 80.7 cm³/mol. The molecule has 6 heteroatoms. The summed E-state index contributed by atoms with van der Waals surface area (Å²) in [5, 5.41) is 10.7. The molecule has 0 fully saturated rings. The molecule has 0 aliphatic carbocycles. The fourth-order valence-electron chi connectivity index (χ4n) is 2.01. The van der Waals surface area contributed by atoms with E-state index in [0.717, 1.165) is 5.56 Å². The van der Waals surface area contributed by atoms with E-state index in [0.29, 0.717) is 11.1 Å². The molecular formula is C16H16NO4S-. The Bertz CT molecular complexity index is 795. The molecule has 0 atom stereocenters. The summed E-state index contributed by atoms with van der Waals surface area (Å²) in [6.45, 7) is 3.66. The molecule has 0 aromatic heterocycles. The van der Waals surface area contributed by atoms with Crippen molar-refractivity contribution >= 4 is 16.0 Å². The van der Waals surface area contributed by atoms with Gasteiger partial charge in [0, 0.05) is 6.54 Å². The smallest absolute Gasteiger partial charge is 0.241 e. The molecule has 0 aliphatic heterocycles. The summed E-state index contributed by atoms with van der Waals surface area (Å²) < 4.78 is 27.2. The summed E-state index contributed by atoms with van der Waals surface area (Å²) in [4.78, 5) is 10.9. The summed E-state index contributed by atoms with van der Waals surface area (Å²) in [7, 11) is -3.62. The van der Waals surface area contributed by atoms with Crippen molar-refractivity contribution in [2.75, 3.05) is 0 Å². The van der Waals surface area contributed by atoms with Gasteiger partial charge < -0.3 is 9.90 Å². The molecule has 0 spiro atoms. The quantitative estimate of drug-likeness (QED) is 0.896. The van der Waals surface area contributed by atoms with Gasteiger partial charge in [0.15, 0.2) is 0 Å². The van der Waals surface area contributed by atoms with Gasteiger partial charge in [-0.2, -0.15) is 0 Å². The zero-order chi connectivity index (χ0) is 16.3. The number of sulfonamides is 1. The van der Waals surface area contributed by atoms with Gasteiger partial charge in [0.25, 0.3) is 0 Å². The molecule has 116 valence electrons. The van der Waals surface area contributed by atoms with Crippen LogP contribution >= 0.6 is 0 Å². The third-order valence-corrected chi connectivity index (χ3v) is 4.83. The molecule has 0 aliphatic rings. The lowest BCUT2D eigenvalue weighted by Crippen LogP contribution is -2.24. The topological polar surface area (TPSA) is 86.3 Å². The lowest BCUT2D eigenvalue weighted by Gasteiger charge is -2.11. The van der Waals surface area contributed by atoms with Crippen LogP contribution in [0.5, 0.6) is 0 Å². The third kappa shape index (κ3) is 3.72. The number of benzene rings is 2. The monoisotopic (exact) mass is 318 g/mol. The average molecular weight is 318 g/mol. The number of carboxylic acids is 1. The van der Waals surface area contributed by atoms with Crippen molar-refractivity contribution in [1.29, 1.82) is 0 Å². The second kappa shape index (κ2) is 6.29. The lowest BCUT2D eigenvalue weighted by molar-refractivity contribution is -0.255. The number of aryl methyl sites for hydroxylation is 2. The number of rotatable bonds is 5. The largest absolute Gasteiger partial charge is 0.545 e. The highest BCUT2D eigenvalue weighted by atomic mass is 32.2. The second-order valence-electron chi connectivity index (χ2n) is 5.08. The SMILES string of the molecule is Cc1ccc(C)c(S(=O)(=O)NCc2ccc(C(=O)[O-])cc2)c1. The van der Waals surface area contributed by atoms with Gasteiger partial charge in [-0.15, -0.1) is 0 Å². The average Bonchev–Trinajstić information content (AvgIpc) is 2.48. The molecule has 22 heavy (non-hydrogen) atoms. The number of carboxylic acid groups (broad SMARTS) is 1. The first kappa shape index (κ1) is 16.2. The molecular weight excluding hydrogens is 302 g/mol. The maximum atomic E-state index is 12.3. The molecule has 1 N–H and O–H groups in total. The van der Waals surface area contributed by atoms with Crippen LogP contribution in [0.3, 0.4) is 0 Å². The van der Waals surface area contributed by atoms with Crippen molar-refractivity contribution in [2.24, 2.45) is 0 Å². The summed E-state index contributed by atoms with van der Waals surface area (Å²) >= 11 is 0. The molecule has 2 aromatic rings. The van der Waals surface area contributed by atoms with Crippen LogP contribution in [-0.2, 0) is 16.6 Å². The number of carbonyl (C=O) groups is 1. The van der Waals surface area contributed by atoms with E-state index >= 15 is 0 Å². The summed E-state index contributed by atoms with van der Waals surface area (Å²) in [5.41, 5.74) is 2.26. The Hall–Kier alpha value is -2.18. The van der Waals surface area contributed by atoms with Gasteiger partial charge in [-0.1, -0.05) is 36.4 Å². The molecule has 0 saturated heterocycles. The van der Waals surface area contributed by atoms with Crippen LogP contribution in [0.15, 0.2) is 47.4 Å². The highest BCUT2D eigenvalue weighted by molar-refractivity contribution is 7.89. The van der Waals surface area contributed by atoms with Crippen molar-refractivity contribution in [2.45, 2.75) is 25.3 Å². The Morgan fingerprint density at radius 3 is 2.32 bits per heavy atom. The van der Waals surface area contributed by atoms with Crippen molar-refractivity contribution in [3.63, 3.8) is 0 Å². The first-order valence-electron chi connectivity index (χ1n) is 6.67. The number of hydrogen-bond acceptors (Lipinski definition) is 4. The van der Waals surface area contributed by atoms with Gasteiger partial charge in [-0.25, -0.2) is 13.1 Å². The Labute approximate surface area is 129 Å². The van der Waals surface area contributed by atoms with E-state index in [1.54, 1.807) is 31.2 Å². The zero-order valence-electron chi connectivity index (χ0n) is 12.3. The van der Waals surface area contributed by atoms with Gasteiger partial charge in [-0.3, -0.25) is 0 Å². The molecule has 0 amide bonds. The number of carbonyl (C=O) groups excluding carboxylic acids is 1. The van der Waals surface area contributed by atoms with E-state index < -0.39 is 16.0 Å². The fourth-order valence-corrected chi connectivity index (χ4v) is 3.36. The molecule has 2 rings (SSSR count). The maximum absolute atomic E-state index is 12.3. The molecule has 5 nitrogen and oxygen atoms in total. The van der Waals surface area contributed by atoms with Crippen LogP contribution in [-0.4, -0.2) is 14.4 Å². The second-order valence-corrected chi connectivity index (χ2v) is 6.81. The maximum Gasteiger partial charge on any atom is 0.241 e. The molecule has 0 radical (unpaired) electrons. The minimum Gasteiger partial charge on any atom is -0.545 e. The van der Waals surface area contributed by atoms with Gasteiger partial charge in [0.2, 0.25) is 10.0 Å². The molecule has 2 aromatic carbocycles. The first-order valence-corrected chi connectivity index (χ1v) is 8.15. The Balaban J connectivity index is 2.16. The van der Waals surface area contributed by atoms with Crippen molar-refractivity contribution in [3.05, 3.63) is 64.7 Å². The highest BCUT2D eigenvalue weighted by Gasteiger charge is 2.16. The van der Waals surface area contributed by atoms with Crippen molar-refractivity contribution in [1.82, 2.24) is 4.72 Å². The van der Waals surface area contributed by atoms with E-state index in [1.807, 2.05) is 13.0 Å². The van der Waals surface area contributed by atoms with Crippen molar-refractivity contribution in [3.8, 4) is 0 Å². The number of hydrogen-bond donors (Lipinski definition) is 1. The standard InChI is InChI=1S/C16H17NO4S/c1-11-3-4-12(2)15(9-11)22(20,21)17-10-13-5-7-14(8-6-13)16(18)19/h3-9,17H,10H2,1-2H3,(H,18,19)/p-1. The van der Waals surface area contributed by atoms with Crippen LogP contribution in [0, 0.1) is 13.8 Å². The molecule has 0 heterocycles. The Morgan fingerprint density at radius 1 is 1.09 bits per heavy atom. The van der Waals surface area contributed by atoms with Crippen LogP contribution in [0.1, 0.15) is 27.0 Å². The molecule has 0 bridgehead atoms. The zero-order valence-corrected chi connectivity index (χ0v) is 13.1. The minimum absolute atomic E-state index is 0.0566. The van der Waals surface area contributed by atoms with Crippen molar-refractivity contribution < 1.29 is 18.3 Å². The van der Waals surface area contributed by atoms with Gasteiger partial charge in [-0.05, 0) is 42.2 Å². The van der Waals surface area contributed by atoms with E-state index in [4.69, 9.17) is 0 Å². The van der Waals surface area contributed by atoms with Gasteiger partial charge in [0.1, 0.15) is 0 Å². The van der Waals surface area contributed by atoms with E-state index in [1.165, 1.54) is 12.1 Å². The van der Waals surface area contributed by atoms with Gasteiger partial charge >= 0.3 is 0 Å². The van der Waals surface area contributed by atoms with Gasteiger partial charge in [0.05, 0.1) is 10.9 Å². The first-order chi connectivity index (χ1) is 10.3. The van der Waals surface area contributed by atoms with Crippen LogP contribution in [0.25, 0.3) is 0 Å².